The van der Waals surface area contributed by atoms with Crippen LogP contribution in [0.2, 0.25) is 0 Å². The van der Waals surface area contributed by atoms with Crippen LogP contribution in [0.25, 0.3) is 10.8 Å². The zero-order chi connectivity index (χ0) is 35.6. The summed E-state index contributed by atoms with van der Waals surface area (Å²) < 4.78 is 11.9. The highest BCUT2D eigenvalue weighted by atomic mass is 16.5. The molecule has 3 aromatic carbocycles. The Morgan fingerprint density at radius 1 is 0.771 bits per heavy atom. The lowest BCUT2D eigenvalue weighted by Gasteiger charge is -2.25. The molecule has 8 heteroatoms. The van der Waals surface area contributed by atoms with Crippen molar-refractivity contribution in [3.63, 3.8) is 0 Å². The third kappa shape index (κ3) is 10.5. The average Bonchev–Trinajstić information content (AvgIpc) is 3.11. The summed E-state index contributed by atoms with van der Waals surface area (Å²) in [7, 11) is 1.48. The lowest BCUT2D eigenvalue weighted by Crippen LogP contribution is -2.33. The summed E-state index contributed by atoms with van der Waals surface area (Å²) >= 11 is 0. The number of anilines is 1. The smallest absolute Gasteiger partial charge is 0.296 e. The number of hydrogen-bond donors (Lipinski definition) is 1. The molecular formula is C40H59N3O5. The molecule has 8 nitrogen and oxygen atoms in total. The van der Waals surface area contributed by atoms with Crippen molar-refractivity contribution in [3.05, 3.63) is 65.2 Å². The van der Waals surface area contributed by atoms with Crippen LogP contribution >= 0.6 is 0 Å². The lowest BCUT2D eigenvalue weighted by atomic mass is 9.94. The molecule has 0 saturated heterocycles. The van der Waals surface area contributed by atoms with Crippen molar-refractivity contribution in [2.24, 2.45) is 0 Å². The van der Waals surface area contributed by atoms with E-state index in [1.807, 2.05) is 69.0 Å². The molecule has 3 rings (SSSR count). The summed E-state index contributed by atoms with van der Waals surface area (Å²) in [5, 5.41) is 4.22. The number of amides is 2. The molecule has 0 fully saturated rings. The third-order valence-corrected chi connectivity index (χ3v) is 8.33. The molecule has 264 valence electrons. The topological polar surface area (TPSA) is 88.2 Å². The van der Waals surface area contributed by atoms with Gasteiger partial charge in [-0.3, -0.25) is 19.3 Å². The number of benzene rings is 3. The molecule has 1 unspecified atom stereocenters. The van der Waals surface area contributed by atoms with Crippen LogP contribution in [0.3, 0.4) is 0 Å². The van der Waals surface area contributed by atoms with Crippen LogP contribution < -0.4 is 14.8 Å². The number of nitrogens with one attached hydrogen (secondary N) is 1. The Kier molecular flexibility index (Phi) is 17.7. The molecule has 0 saturated carbocycles. The quantitative estimate of drug-likeness (QED) is 0.102. The number of methoxy groups -OCH3 is 1. The van der Waals surface area contributed by atoms with Crippen molar-refractivity contribution < 1.29 is 23.9 Å². The zero-order valence-electron chi connectivity index (χ0n) is 30.9. The molecular weight excluding hydrogens is 602 g/mol. The van der Waals surface area contributed by atoms with Gasteiger partial charge in [0.05, 0.1) is 18.4 Å². The Bertz CT molecular complexity index is 1460. The monoisotopic (exact) mass is 661 g/mol. The summed E-state index contributed by atoms with van der Waals surface area (Å²) in [6, 6.07) is 14.6. The van der Waals surface area contributed by atoms with E-state index in [2.05, 4.69) is 37.9 Å². The highest BCUT2D eigenvalue weighted by Gasteiger charge is 2.27. The van der Waals surface area contributed by atoms with Crippen molar-refractivity contribution >= 4 is 34.1 Å². The maximum Gasteiger partial charge on any atom is 0.296 e. The van der Waals surface area contributed by atoms with E-state index in [-0.39, 0.29) is 23.1 Å². The van der Waals surface area contributed by atoms with Gasteiger partial charge in [-0.15, -0.1) is 0 Å². The minimum atomic E-state index is -0.800. The summed E-state index contributed by atoms with van der Waals surface area (Å²) in [6.07, 6.45) is 4.67. The van der Waals surface area contributed by atoms with Gasteiger partial charge in [0.1, 0.15) is 12.4 Å². The lowest BCUT2D eigenvalue weighted by molar-refractivity contribution is -0.112. The van der Waals surface area contributed by atoms with E-state index >= 15 is 0 Å². The first-order valence-electron chi connectivity index (χ1n) is 18.0. The number of nitrogens with zero attached hydrogens (tertiary/aromatic N) is 2. The molecule has 1 atom stereocenters. The number of carbonyl (C=O) groups excluding carboxylic acids is 3. The maximum absolute atomic E-state index is 13.8. The number of ketones is 1. The van der Waals surface area contributed by atoms with Crippen molar-refractivity contribution in [1.82, 2.24) is 9.80 Å². The highest BCUT2D eigenvalue weighted by Crippen LogP contribution is 2.36. The fraction of sp³-hybridized carbons (Fsp3) is 0.525. The zero-order valence-corrected chi connectivity index (χ0v) is 30.9. The molecule has 0 heterocycles. The SMILES string of the molecule is CC.CCCN(CCC)CCOc1ccc(C(=O)C(=O)Nc2cc(C(C)CC)cc(C(=O)N(CCC)CCC)c2OC)c2ccccc12. The first-order chi connectivity index (χ1) is 23.2. The molecule has 0 aliphatic heterocycles. The average molecular weight is 662 g/mol. The van der Waals surface area contributed by atoms with E-state index in [1.54, 1.807) is 12.1 Å². The van der Waals surface area contributed by atoms with Gasteiger partial charge in [0.15, 0.2) is 5.75 Å². The second kappa shape index (κ2) is 21.1. The number of rotatable bonds is 19. The van der Waals surface area contributed by atoms with E-state index in [9.17, 15) is 14.4 Å². The highest BCUT2D eigenvalue weighted by molar-refractivity contribution is 6.48. The van der Waals surface area contributed by atoms with E-state index < -0.39 is 11.7 Å². The molecule has 0 aliphatic rings. The van der Waals surface area contributed by atoms with Gasteiger partial charge in [-0.1, -0.05) is 79.7 Å². The van der Waals surface area contributed by atoms with Gasteiger partial charge in [0.2, 0.25) is 0 Å². The fourth-order valence-corrected chi connectivity index (χ4v) is 5.82. The number of hydrogen-bond acceptors (Lipinski definition) is 6. The van der Waals surface area contributed by atoms with E-state index in [0.717, 1.165) is 62.7 Å². The Labute approximate surface area is 289 Å². The van der Waals surface area contributed by atoms with Crippen molar-refractivity contribution in [1.29, 1.82) is 0 Å². The van der Waals surface area contributed by atoms with Crippen LogP contribution in [0.4, 0.5) is 5.69 Å². The van der Waals surface area contributed by atoms with Gasteiger partial charge in [0.25, 0.3) is 17.6 Å². The molecule has 2 amide bonds. The molecule has 1 N–H and O–H groups in total. The molecule has 0 aliphatic carbocycles. The van der Waals surface area contributed by atoms with Crippen LogP contribution in [0, 0.1) is 0 Å². The van der Waals surface area contributed by atoms with Crippen molar-refractivity contribution in [2.45, 2.75) is 93.4 Å². The largest absolute Gasteiger partial charge is 0.494 e. The minimum Gasteiger partial charge on any atom is -0.494 e. The van der Waals surface area contributed by atoms with Gasteiger partial charge < -0.3 is 19.7 Å². The Morgan fingerprint density at radius 2 is 1.38 bits per heavy atom. The van der Waals surface area contributed by atoms with Crippen molar-refractivity contribution in [2.75, 3.05) is 51.8 Å². The first-order valence-corrected chi connectivity index (χ1v) is 18.0. The van der Waals surface area contributed by atoms with Gasteiger partial charge in [-0.25, -0.2) is 0 Å². The van der Waals surface area contributed by atoms with Crippen LogP contribution in [-0.4, -0.2) is 73.8 Å². The van der Waals surface area contributed by atoms with Crippen molar-refractivity contribution in [3.8, 4) is 11.5 Å². The van der Waals surface area contributed by atoms with E-state index in [1.165, 1.54) is 7.11 Å². The molecule has 0 radical (unpaired) electrons. The Hall–Kier alpha value is -3.91. The van der Waals surface area contributed by atoms with E-state index in [4.69, 9.17) is 9.47 Å². The minimum absolute atomic E-state index is 0.127. The summed E-state index contributed by atoms with van der Waals surface area (Å²) in [4.78, 5) is 45.3. The predicted octanol–water partition coefficient (Wildman–Crippen LogP) is 8.97. The normalized spacial score (nSPS) is 11.5. The summed E-state index contributed by atoms with van der Waals surface area (Å²) in [5.41, 5.74) is 1.87. The van der Waals surface area contributed by atoms with Gasteiger partial charge >= 0.3 is 0 Å². The fourth-order valence-electron chi connectivity index (χ4n) is 5.82. The third-order valence-electron chi connectivity index (χ3n) is 8.33. The second-order valence-electron chi connectivity index (χ2n) is 11.9. The second-order valence-corrected chi connectivity index (χ2v) is 11.9. The van der Waals surface area contributed by atoms with Crippen LogP contribution in [0.5, 0.6) is 11.5 Å². The maximum atomic E-state index is 13.8. The summed E-state index contributed by atoms with van der Waals surface area (Å²) in [6.45, 7) is 21.2. The molecule has 48 heavy (non-hydrogen) atoms. The predicted molar refractivity (Wildman–Crippen MR) is 199 cm³/mol. The van der Waals surface area contributed by atoms with Gasteiger partial charge in [-0.05, 0) is 86.3 Å². The van der Waals surface area contributed by atoms with Crippen LogP contribution in [0.1, 0.15) is 120 Å². The van der Waals surface area contributed by atoms with Crippen LogP contribution in [0.15, 0.2) is 48.5 Å². The Balaban J connectivity index is 0.00000392. The van der Waals surface area contributed by atoms with E-state index in [0.29, 0.717) is 42.1 Å². The molecule has 0 aromatic heterocycles. The standard InChI is InChI=1S/C38H53N3O5.C2H6/c1-8-19-40(20-9-2)23-24-46-34-18-17-31(29-15-13-14-16-30(29)34)35(42)37(43)39-33-26-28(27(6)12-5)25-32(36(33)45-7)38(44)41(21-10-3)22-11-4;1-2/h13-18,25-27H,8-12,19-24H2,1-7H3,(H,39,43);1-2H3. The number of carbonyl (C=O) groups is 3. The molecule has 0 bridgehead atoms. The van der Waals surface area contributed by atoms with Gasteiger partial charge in [0, 0.05) is 30.6 Å². The Morgan fingerprint density at radius 3 is 1.94 bits per heavy atom. The van der Waals surface area contributed by atoms with Gasteiger partial charge in [-0.2, -0.15) is 0 Å². The molecule has 0 spiro atoms. The van der Waals surface area contributed by atoms with Crippen LogP contribution in [-0.2, 0) is 4.79 Å². The number of fused-ring (bicyclic) bond motifs is 1. The molecule has 3 aromatic rings. The number of Topliss-reactive ketones (excluding diaryl/α,β-unsaturated/α-hetero) is 1. The first kappa shape index (κ1) is 40.3. The summed E-state index contributed by atoms with van der Waals surface area (Å²) in [5.74, 6) is -0.573. The number of ether oxygens (including phenoxy) is 2.